The molecule has 2 saturated carbocycles. The van der Waals surface area contributed by atoms with Crippen molar-refractivity contribution in [2.75, 3.05) is 0 Å². The SMILES string of the molecule is O=C(NC1CCCCC1)[C@H](c1ccc(F)cc1)N(C(=O)c1ccc(-c2ccccc2)[nH]1)C1CCCCC1. The molecule has 3 aromatic rings. The van der Waals surface area contributed by atoms with Gasteiger partial charge < -0.3 is 15.2 Å². The summed E-state index contributed by atoms with van der Waals surface area (Å²) in [5.41, 5.74) is 2.96. The Morgan fingerprint density at radius 3 is 2.14 bits per heavy atom. The largest absolute Gasteiger partial charge is 0.351 e. The molecule has 0 unspecified atom stereocenters. The van der Waals surface area contributed by atoms with Crippen LogP contribution in [-0.4, -0.2) is 33.8 Å². The van der Waals surface area contributed by atoms with Crippen LogP contribution in [0, 0.1) is 5.82 Å². The predicted octanol–water partition coefficient (Wildman–Crippen LogP) is 6.79. The molecule has 0 aliphatic heterocycles. The first-order valence-corrected chi connectivity index (χ1v) is 13.7. The summed E-state index contributed by atoms with van der Waals surface area (Å²) in [6.45, 7) is 0. The number of carbonyl (C=O) groups is 2. The second-order valence-corrected chi connectivity index (χ2v) is 10.5. The molecule has 0 radical (unpaired) electrons. The number of halogens is 1. The fourth-order valence-corrected chi connectivity index (χ4v) is 5.91. The summed E-state index contributed by atoms with van der Waals surface area (Å²) >= 11 is 0. The molecule has 5 nitrogen and oxygen atoms in total. The first-order chi connectivity index (χ1) is 18.1. The average Bonchev–Trinajstić information content (AvgIpc) is 3.44. The smallest absolute Gasteiger partial charge is 0.271 e. The minimum atomic E-state index is -0.818. The van der Waals surface area contributed by atoms with Gasteiger partial charge in [-0.2, -0.15) is 0 Å². The monoisotopic (exact) mass is 501 g/mol. The maximum Gasteiger partial charge on any atom is 0.271 e. The van der Waals surface area contributed by atoms with Crippen LogP contribution in [0.5, 0.6) is 0 Å². The molecule has 2 N–H and O–H groups in total. The van der Waals surface area contributed by atoms with Crippen molar-refractivity contribution < 1.29 is 14.0 Å². The number of H-pyrrole nitrogens is 1. The van der Waals surface area contributed by atoms with Crippen LogP contribution in [-0.2, 0) is 4.79 Å². The van der Waals surface area contributed by atoms with Gasteiger partial charge in [-0.25, -0.2) is 4.39 Å². The highest BCUT2D eigenvalue weighted by Gasteiger charge is 2.38. The van der Waals surface area contributed by atoms with E-state index in [-0.39, 0.29) is 29.7 Å². The number of amides is 2. The van der Waals surface area contributed by atoms with E-state index in [0.717, 1.165) is 69.0 Å². The third-order valence-corrected chi connectivity index (χ3v) is 7.87. The van der Waals surface area contributed by atoms with Crippen molar-refractivity contribution in [1.82, 2.24) is 15.2 Å². The lowest BCUT2D eigenvalue weighted by Crippen LogP contribution is -2.51. The number of nitrogens with zero attached hydrogens (tertiary/aromatic N) is 1. The van der Waals surface area contributed by atoms with Crippen molar-refractivity contribution in [2.24, 2.45) is 0 Å². The van der Waals surface area contributed by atoms with Crippen LogP contribution in [0.1, 0.15) is 86.3 Å². The van der Waals surface area contributed by atoms with Crippen LogP contribution in [0.25, 0.3) is 11.3 Å². The third kappa shape index (κ3) is 5.95. The lowest BCUT2D eigenvalue weighted by molar-refractivity contribution is -0.127. The van der Waals surface area contributed by atoms with Crippen molar-refractivity contribution >= 4 is 11.8 Å². The van der Waals surface area contributed by atoms with Gasteiger partial charge >= 0.3 is 0 Å². The zero-order valence-corrected chi connectivity index (χ0v) is 21.3. The fraction of sp³-hybridized carbons (Fsp3) is 0.419. The molecule has 1 heterocycles. The Morgan fingerprint density at radius 1 is 0.811 bits per heavy atom. The Hall–Kier alpha value is -3.41. The van der Waals surface area contributed by atoms with Gasteiger partial charge in [0.15, 0.2) is 0 Å². The first kappa shape index (κ1) is 25.2. The highest BCUT2D eigenvalue weighted by molar-refractivity contribution is 5.97. The molecule has 6 heteroatoms. The van der Waals surface area contributed by atoms with Crippen LogP contribution >= 0.6 is 0 Å². The van der Waals surface area contributed by atoms with Gasteiger partial charge in [0.25, 0.3) is 5.91 Å². The van der Waals surface area contributed by atoms with Gasteiger partial charge in [0.2, 0.25) is 5.91 Å². The number of hydrogen-bond acceptors (Lipinski definition) is 2. The van der Waals surface area contributed by atoms with E-state index >= 15 is 0 Å². The molecule has 2 amide bonds. The normalized spacial score (nSPS) is 17.8. The van der Waals surface area contributed by atoms with E-state index in [1.54, 1.807) is 23.1 Å². The number of aromatic nitrogens is 1. The third-order valence-electron chi connectivity index (χ3n) is 7.87. The van der Waals surface area contributed by atoms with E-state index in [4.69, 9.17) is 0 Å². The van der Waals surface area contributed by atoms with E-state index in [0.29, 0.717) is 11.3 Å². The summed E-state index contributed by atoms with van der Waals surface area (Å²) in [5, 5.41) is 3.25. The molecule has 37 heavy (non-hydrogen) atoms. The first-order valence-electron chi connectivity index (χ1n) is 13.7. The van der Waals surface area contributed by atoms with Gasteiger partial charge in [-0.3, -0.25) is 9.59 Å². The van der Waals surface area contributed by atoms with E-state index in [2.05, 4.69) is 10.3 Å². The van der Waals surface area contributed by atoms with Crippen LogP contribution in [0.15, 0.2) is 66.7 Å². The Morgan fingerprint density at radius 2 is 1.46 bits per heavy atom. The lowest BCUT2D eigenvalue weighted by atomic mass is 9.90. The fourth-order valence-electron chi connectivity index (χ4n) is 5.91. The van der Waals surface area contributed by atoms with Gasteiger partial charge in [-0.05, 0) is 61.1 Å². The van der Waals surface area contributed by atoms with Crippen molar-refractivity contribution in [2.45, 2.75) is 82.3 Å². The molecule has 5 rings (SSSR count). The second kappa shape index (κ2) is 11.8. The second-order valence-electron chi connectivity index (χ2n) is 10.5. The zero-order chi connectivity index (χ0) is 25.6. The molecule has 1 aromatic heterocycles. The quantitative estimate of drug-likeness (QED) is 0.375. The van der Waals surface area contributed by atoms with Gasteiger partial charge in [-0.1, -0.05) is 81.0 Å². The topological polar surface area (TPSA) is 65.2 Å². The number of rotatable bonds is 7. The molecular formula is C31H36FN3O2. The van der Waals surface area contributed by atoms with Crippen LogP contribution in [0.4, 0.5) is 4.39 Å². The molecule has 0 saturated heterocycles. The number of aromatic amines is 1. The molecule has 2 aliphatic carbocycles. The van der Waals surface area contributed by atoms with E-state index in [1.165, 1.54) is 18.6 Å². The van der Waals surface area contributed by atoms with E-state index in [1.807, 2.05) is 36.4 Å². The Labute approximate surface area is 218 Å². The minimum absolute atomic E-state index is 0.0584. The number of benzene rings is 2. The van der Waals surface area contributed by atoms with Crippen molar-refractivity contribution in [3.8, 4) is 11.3 Å². The highest BCUT2D eigenvalue weighted by atomic mass is 19.1. The van der Waals surface area contributed by atoms with Gasteiger partial charge in [0.05, 0.1) is 0 Å². The van der Waals surface area contributed by atoms with E-state index in [9.17, 15) is 14.0 Å². The van der Waals surface area contributed by atoms with E-state index < -0.39 is 6.04 Å². The van der Waals surface area contributed by atoms with Gasteiger partial charge in [0.1, 0.15) is 17.6 Å². The molecule has 194 valence electrons. The van der Waals surface area contributed by atoms with Crippen LogP contribution in [0.3, 0.4) is 0 Å². The molecule has 2 aliphatic rings. The van der Waals surface area contributed by atoms with Crippen LogP contribution in [0.2, 0.25) is 0 Å². The Balaban J connectivity index is 1.51. The summed E-state index contributed by atoms with van der Waals surface area (Å²) < 4.78 is 13.9. The maximum atomic E-state index is 14.2. The van der Waals surface area contributed by atoms with Crippen molar-refractivity contribution in [3.63, 3.8) is 0 Å². The predicted molar refractivity (Wildman–Crippen MR) is 143 cm³/mol. The Kier molecular flexibility index (Phi) is 8.02. The molecular weight excluding hydrogens is 465 g/mol. The van der Waals surface area contributed by atoms with Crippen molar-refractivity contribution in [3.05, 3.63) is 83.8 Å². The minimum Gasteiger partial charge on any atom is -0.351 e. The van der Waals surface area contributed by atoms with Crippen LogP contribution < -0.4 is 5.32 Å². The molecule has 1 atom stereocenters. The summed E-state index contributed by atoms with van der Waals surface area (Å²) in [7, 11) is 0. The average molecular weight is 502 g/mol. The standard InChI is InChI=1S/C31H36FN3O2/c32-24-18-16-23(17-19-24)29(30(36)33-25-12-6-2-7-13-25)35(26-14-8-3-9-15-26)31(37)28-21-20-27(34-28)22-10-4-1-5-11-22/h1,4-5,10-11,16-21,25-26,29,34H,2-3,6-9,12-15H2,(H,33,36)/t29-/m0/s1. The maximum absolute atomic E-state index is 14.2. The van der Waals surface area contributed by atoms with Gasteiger partial charge in [-0.15, -0.1) is 0 Å². The highest BCUT2D eigenvalue weighted by Crippen LogP contribution is 2.33. The molecule has 2 aromatic carbocycles. The number of carbonyl (C=O) groups excluding carboxylic acids is 2. The van der Waals surface area contributed by atoms with Gasteiger partial charge in [0, 0.05) is 17.8 Å². The lowest BCUT2D eigenvalue weighted by Gasteiger charge is -2.40. The summed E-state index contributed by atoms with van der Waals surface area (Å²) in [4.78, 5) is 33.2. The van der Waals surface area contributed by atoms with Crippen molar-refractivity contribution in [1.29, 1.82) is 0 Å². The summed E-state index contributed by atoms with van der Waals surface area (Å²) in [5.74, 6) is -0.725. The molecule has 0 bridgehead atoms. The summed E-state index contributed by atoms with van der Waals surface area (Å²) in [6.07, 6.45) is 10.2. The molecule has 2 fully saturated rings. The number of nitrogens with one attached hydrogen (secondary N) is 2. The molecule has 0 spiro atoms. The number of hydrogen-bond donors (Lipinski definition) is 2. The Bertz CT molecular complexity index is 1180. The summed E-state index contributed by atoms with van der Waals surface area (Å²) in [6, 6.07) is 18.9. The zero-order valence-electron chi connectivity index (χ0n) is 21.3.